The predicted octanol–water partition coefficient (Wildman–Crippen LogP) is 2.44. The van der Waals surface area contributed by atoms with Crippen LogP contribution >= 0.6 is 11.3 Å². The second-order valence-electron chi connectivity index (χ2n) is 7.04. The number of hydrogen-bond acceptors (Lipinski definition) is 5. The molecule has 1 aliphatic carbocycles. The quantitative estimate of drug-likeness (QED) is 0.842. The van der Waals surface area contributed by atoms with Crippen LogP contribution in [0.4, 0.5) is 0 Å². The number of rotatable bonds is 4. The Bertz CT molecular complexity index is 832. The molecule has 6 nitrogen and oxygen atoms in total. The Morgan fingerprint density at radius 2 is 2.00 bits per heavy atom. The second kappa shape index (κ2) is 6.71. The van der Waals surface area contributed by atoms with E-state index in [9.17, 15) is 9.59 Å². The van der Waals surface area contributed by atoms with Crippen LogP contribution in [0.25, 0.3) is 0 Å². The monoisotopic (exact) mass is 358 g/mol. The van der Waals surface area contributed by atoms with Crippen LogP contribution in [0.3, 0.4) is 0 Å². The number of carbonyl (C=O) groups is 1. The Kier molecular flexibility index (Phi) is 4.41. The minimum atomic E-state index is -0.0270. The van der Waals surface area contributed by atoms with Gasteiger partial charge in [-0.3, -0.25) is 9.59 Å². The molecular formula is C18H22N4O2S. The first-order valence-electron chi connectivity index (χ1n) is 8.89. The molecule has 0 bridgehead atoms. The Morgan fingerprint density at radius 1 is 1.24 bits per heavy atom. The lowest BCUT2D eigenvalue weighted by molar-refractivity contribution is 0.0675. The van der Waals surface area contributed by atoms with Crippen molar-refractivity contribution in [3.63, 3.8) is 0 Å². The molecule has 2 fully saturated rings. The van der Waals surface area contributed by atoms with Crippen molar-refractivity contribution in [3.05, 3.63) is 44.3 Å². The van der Waals surface area contributed by atoms with Gasteiger partial charge in [-0.2, -0.15) is 5.10 Å². The third-order valence-corrected chi connectivity index (χ3v) is 5.83. The van der Waals surface area contributed by atoms with Crippen molar-refractivity contribution in [3.8, 4) is 0 Å². The van der Waals surface area contributed by atoms with Gasteiger partial charge in [-0.05, 0) is 44.6 Å². The van der Waals surface area contributed by atoms with Crippen LogP contribution in [0.15, 0.2) is 22.3 Å². The number of hydrogen-bond donors (Lipinski definition) is 0. The summed E-state index contributed by atoms with van der Waals surface area (Å²) < 4.78 is 1.62. The summed E-state index contributed by atoms with van der Waals surface area (Å²) in [4.78, 5) is 30.7. The molecule has 7 heteroatoms. The van der Waals surface area contributed by atoms with E-state index in [0.717, 1.165) is 36.6 Å². The number of likely N-dealkylation sites (tertiary alicyclic amines) is 1. The van der Waals surface area contributed by atoms with E-state index < -0.39 is 0 Å². The standard InChI is InChI=1S/C18H22N4O2S/c1-12-19-16(11-25-12)18(24)21-8-6-13(7-9-21)10-22-17(23)5-4-15(20-22)14-2-3-14/h4-5,11,13-14H,2-3,6-10H2,1H3. The zero-order valence-electron chi connectivity index (χ0n) is 14.4. The van der Waals surface area contributed by atoms with Crippen molar-refractivity contribution in [2.24, 2.45) is 5.92 Å². The number of amides is 1. The molecule has 0 radical (unpaired) electrons. The number of aromatic nitrogens is 3. The van der Waals surface area contributed by atoms with Crippen LogP contribution in [0.1, 0.15) is 52.8 Å². The molecule has 25 heavy (non-hydrogen) atoms. The summed E-state index contributed by atoms with van der Waals surface area (Å²) in [7, 11) is 0. The van der Waals surface area contributed by atoms with E-state index in [4.69, 9.17) is 0 Å². The fourth-order valence-electron chi connectivity index (χ4n) is 3.38. The van der Waals surface area contributed by atoms with E-state index in [-0.39, 0.29) is 11.5 Å². The van der Waals surface area contributed by atoms with Gasteiger partial charge in [-0.1, -0.05) is 0 Å². The van der Waals surface area contributed by atoms with Crippen LogP contribution in [-0.4, -0.2) is 38.7 Å². The molecule has 2 aromatic rings. The topological polar surface area (TPSA) is 68.1 Å². The number of carbonyl (C=O) groups excluding carboxylic acids is 1. The minimum Gasteiger partial charge on any atom is -0.337 e. The smallest absolute Gasteiger partial charge is 0.273 e. The van der Waals surface area contributed by atoms with Gasteiger partial charge in [-0.25, -0.2) is 9.67 Å². The summed E-state index contributed by atoms with van der Waals surface area (Å²) in [5.74, 6) is 0.961. The lowest BCUT2D eigenvalue weighted by Gasteiger charge is -2.31. The van der Waals surface area contributed by atoms with Crippen molar-refractivity contribution in [2.75, 3.05) is 13.1 Å². The SMILES string of the molecule is Cc1nc(C(=O)N2CCC(Cn3nc(C4CC4)ccc3=O)CC2)cs1. The van der Waals surface area contributed by atoms with Crippen LogP contribution in [0, 0.1) is 12.8 Å². The Balaban J connectivity index is 1.37. The summed E-state index contributed by atoms with van der Waals surface area (Å²) in [6.07, 6.45) is 4.16. The maximum Gasteiger partial charge on any atom is 0.273 e. The van der Waals surface area contributed by atoms with Crippen LogP contribution in [0.5, 0.6) is 0 Å². The molecule has 1 aliphatic heterocycles. The first-order chi connectivity index (χ1) is 12.1. The molecule has 4 rings (SSSR count). The fourth-order valence-corrected chi connectivity index (χ4v) is 3.97. The molecule has 0 spiro atoms. The normalized spacial score (nSPS) is 18.5. The molecule has 3 heterocycles. The van der Waals surface area contributed by atoms with E-state index in [1.54, 1.807) is 10.7 Å². The first-order valence-corrected chi connectivity index (χ1v) is 9.77. The summed E-state index contributed by atoms with van der Waals surface area (Å²) >= 11 is 1.50. The number of aryl methyl sites for hydroxylation is 1. The highest BCUT2D eigenvalue weighted by molar-refractivity contribution is 7.09. The van der Waals surface area contributed by atoms with E-state index in [1.165, 1.54) is 24.2 Å². The van der Waals surface area contributed by atoms with Crippen LogP contribution < -0.4 is 5.56 Å². The maximum absolute atomic E-state index is 12.5. The molecule has 1 saturated carbocycles. The average Bonchev–Trinajstić information content (AvgIpc) is 3.38. The lowest BCUT2D eigenvalue weighted by Crippen LogP contribution is -2.40. The van der Waals surface area contributed by atoms with Crippen molar-refractivity contribution in [1.82, 2.24) is 19.7 Å². The minimum absolute atomic E-state index is 0.0221. The molecule has 132 valence electrons. The molecule has 0 unspecified atom stereocenters. The van der Waals surface area contributed by atoms with Gasteiger partial charge in [0.25, 0.3) is 11.5 Å². The van der Waals surface area contributed by atoms with Gasteiger partial charge < -0.3 is 4.90 Å². The van der Waals surface area contributed by atoms with E-state index >= 15 is 0 Å². The maximum atomic E-state index is 12.5. The van der Waals surface area contributed by atoms with Crippen LogP contribution in [0.2, 0.25) is 0 Å². The summed E-state index contributed by atoms with van der Waals surface area (Å²) in [5.41, 5.74) is 1.57. The fraction of sp³-hybridized carbons (Fsp3) is 0.556. The largest absolute Gasteiger partial charge is 0.337 e. The second-order valence-corrected chi connectivity index (χ2v) is 8.10. The third-order valence-electron chi connectivity index (χ3n) is 5.05. The Labute approximate surface area is 150 Å². The van der Waals surface area contributed by atoms with Crippen molar-refractivity contribution >= 4 is 17.2 Å². The highest BCUT2D eigenvalue weighted by Gasteiger charge is 2.27. The van der Waals surface area contributed by atoms with Crippen molar-refractivity contribution in [1.29, 1.82) is 0 Å². The molecule has 1 saturated heterocycles. The molecular weight excluding hydrogens is 336 g/mol. The Morgan fingerprint density at radius 3 is 2.64 bits per heavy atom. The van der Waals surface area contributed by atoms with Gasteiger partial charge in [0.15, 0.2) is 0 Å². The molecule has 0 aromatic carbocycles. The zero-order valence-corrected chi connectivity index (χ0v) is 15.2. The third kappa shape index (κ3) is 3.66. The average molecular weight is 358 g/mol. The number of thiazole rings is 1. The molecule has 0 atom stereocenters. The first kappa shape index (κ1) is 16.4. The molecule has 2 aliphatic rings. The van der Waals surface area contributed by atoms with Crippen LogP contribution in [-0.2, 0) is 6.54 Å². The van der Waals surface area contributed by atoms with E-state index in [2.05, 4.69) is 10.1 Å². The van der Waals surface area contributed by atoms with Crippen molar-refractivity contribution in [2.45, 2.75) is 45.1 Å². The van der Waals surface area contributed by atoms with E-state index in [1.807, 2.05) is 23.3 Å². The van der Waals surface area contributed by atoms with Gasteiger partial charge in [0.05, 0.1) is 10.7 Å². The summed E-state index contributed by atoms with van der Waals surface area (Å²) in [5, 5.41) is 7.29. The number of piperidine rings is 1. The van der Waals surface area contributed by atoms with Gasteiger partial charge >= 0.3 is 0 Å². The molecule has 1 amide bonds. The van der Waals surface area contributed by atoms with Gasteiger partial charge in [0, 0.05) is 37.0 Å². The van der Waals surface area contributed by atoms with E-state index in [0.29, 0.717) is 24.1 Å². The lowest BCUT2D eigenvalue weighted by atomic mass is 9.96. The highest BCUT2D eigenvalue weighted by atomic mass is 32.1. The van der Waals surface area contributed by atoms with Crippen molar-refractivity contribution < 1.29 is 4.79 Å². The van der Waals surface area contributed by atoms with Gasteiger partial charge in [-0.15, -0.1) is 11.3 Å². The van der Waals surface area contributed by atoms with Gasteiger partial charge in [0.2, 0.25) is 0 Å². The summed E-state index contributed by atoms with van der Waals surface area (Å²) in [6.45, 7) is 4.00. The van der Waals surface area contributed by atoms with Gasteiger partial charge in [0.1, 0.15) is 5.69 Å². The molecule has 2 aromatic heterocycles. The highest BCUT2D eigenvalue weighted by Crippen LogP contribution is 2.38. The Hall–Kier alpha value is -2.02. The summed E-state index contributed by atoms with van der Waals surface area (Å²) in [6, 6.07) is 3.51. The zero-order chi connectivity index (χ0) is 17.4. The predicted molar refractivity (Wildman–Crippen MR) is 96.0 cm³/mol. The number of nitrogens with zero attached hydrogens (tertiary/aromatic N) is 4. The molecule has 0 N–H and O–H groups in total.